The number of hydrogen-bond acceptors (Lipinski definition) is 3. The Balaban J connectivity index is 1.64. The number of halogens is 1. The molecule has 0 N–H and O–H groups in total. The molecule has 27 heavy (non-hydrogen) atoms. The molecule has 1 aliphatic rings. The lowest BCUT2D eigenvalue weighted by Crippen LogP contribution is -2.31. The van der Waals surface area contributed by atoms with Crippen LogP contribution in [-0.2, 0) is 6.54 Å². The summed E-state index contributed by atoms with van der Waals surface area (Å²) >= 11 is 0. The molecule has 3 aromatic rings. The van der Waals surface area contributed by atoms with E-state index < -0.39 is 5.82 Å². The van der Waals surface area contributed by atoms with E-state index >= 15 is 0 Å². The largest absolute Gasteiger partial charge is 0.324 e. The Morgan fingerprint density at radius 3 is 2.63 bits per heavy atom. The lowest BCUT2D eigenvalue weighted by atomic mass is 10.1. The normalized spacial score (nSPS) is 15.3. The Morgan fingerprint density at radius 1 is 1.04 bits per heavy atom. The van der Waals surface area contributed by atoms with Crippen molar-refractivity contribution in [1.29, 1.82) is 0 Å². The van der Waals surface area contributed by atoms with E-state index in [1.807, 2.05) is 24.3 Å². The van der Waals surface area contributed by atoms with Crippen LogP contribution >= 0.6 is 0 Å². The van der Waals surface area contributed by atoms with Crippen molar-refractivity contribution in [2.75, 3.05) is 19.6 Å². The summed E-state index contributed by atoms with van der Waals surface area (Å²) in [6.07, 6.45) is 5.57. The molecular formula is C22H24FN3O. The molecule has 0 saturated carbocycles. The molecule has 0 radical (unpaired) electrons. The van der Waals surface area contributed by atoms with E-state index in [9.17, 15) is 9.18 Å². The van der Waals surface area contributed by atoms with E-state index in [2.05, 4.69) is 14.5 Å². The molecule has 1 aromatic heterocycles. The number of nitrogens with zero attached hydrogens (tertiary/aromatic N) is 3. The van der Waals surface area contributed by atoms with Crippen LogP contribution in [0.4, 0.5) is 4.39 Å². The fourth-order valence-electron chi connectivity index (χ4n) is 3.93. The maximum Gasteiger partial charge on any atom is 0.150 e. The van der Waals surface area contributed by atoms with E-state index in [1.165, 1.54) is 38.4 Å². The number of carbonyl (C=O) groups is 1. The zero-order valence-electron chi connectivity index (χ0n) is 15.4. The Morgan fingerprint density at radius 2 is 1.85 bits per heavy atom. The number of imidazole rings is 1. The fraction of sp³-hybridized carbons (Fsp3) is 0.364. The monoisotopic (exact) mass is 365 g/mol. The van der Waals surface area contributed by atoms with Crippen molar-refractivity contribution in [2.24, 2.45) is 0 Å². The van der Waals surface area contributed by atoms with Crippen LogP contribution in [0.5, 0.6) is 0 Å². The summed E-state index contributed by atoms with van der Waals surface area (Å²) in [6.45, 7) is 4.21. The summed E-state index contributed by atoms with van der Waals surface area (Å²) in [4.78, 5) is 18.1. The number of fused-ring (bicyclic) bond motifs is 1. The summed E-state index contributed by atoms with van der Waals surface area (Å²) < 4.78 is 16.7. The number of piperidine rings is 1. The van der Waals surface area contributed by atoms with Crippen LogP contribution in [0.25, 0.3) is 22.4 Å². The summed E-state index contributed by atoms with van der Waals surface area (Å²) in [7, 11) is 0. The smallest absolute Gasteiger partial charge is 0.150 e. The van der Waals surface area contributed by atoms with E-state index in [-0.39, 0.29) is 0 Å². The molecular weight excluding hydrogens is 341 g/mol. The summed E-state index contributed by atoms with van der Waals surface area (Å²) in [6, 6.07) is 12.5. The number of hydrogen-bond donors (Lipinski definition) is 0. The highest BCUT2D eigenvalue weighted by atomic mass is 19.1. The third-order valence-electron chi connectivity index (χ3n) is 5.33. The molecule has 0 aliphatic carbocycles. The van der Waals surface area contributed by atoms with Gasteiger partial charge in [-0.05, 0) is 63.2 Å². The number of para-hydroxylation sites is 2. The topological polar surface area (TPSA) is 38.1 Å². The Labute approximate surface area is 158 Å². The second kappa shape index (κ2) is 8.01. The lowest BCUT2D eigenvalue weighted by Gasteiger charge is -2.26. The van der Waals surface area contributed by atoms with Gasteiger partial charge in [-0.2, -0.15) is 0 Å². The second-order valence-corrected chi connectivity index (χ2v) is 7.19. The number of aryl methyl sites for hydroxylation is 1. The summed E-state index contributed by atoms with van der Waals surface area (Å²) in [5.41, 5.74) is 2.66. The zero-order valence-corrected chi connectivity index (χ0v) is 15.4. The van der Waals surface area contributed by atoms with Crippen LogP contribution in [0.1, 0.15) is 36.0 Å². The van der Waals surface area contributed by atoms with Crippen molar-refractivity contribution in [3.63, 3.8) is 0 Å². The molecule has 2 aromatic carbocycles. The standard InChI is InChI=1S/C22H24FN3O/c23-19-15-17(16-27)9-10-18(19)22-24-20-7-2-3-8-21(20)26(22)14-6-13-25-11-4-1-5-12-25/h2-3,7-10,15-16H,1,4-6,11-14H2. The van der Waals surface area contributed by atoms with Crippen molar-refractivity contribution in [3.8, 4) is 11.4 Å². The molecule has 1 aliphatic heterocycles. The Bertz CT molecular complexity index is 944. The zero-order chi connectivity index (χ0) is 18.6. The van der Waals surface area contributed by atoms with E-state index in [0.29, 0.717) is 23.2 Å². The number of likely N-dealkylation sites (tertiary alicyclic amines) is 1. The van der Waals surface area contributed by atoms with Crippen molar-refractivity contribution >= 4 is 17.3 Å². The molecule has 4 rings (SSSR count). The van der Waals surface area contributed by atoms with Gasteiger partial charge in [0.25, 0.3) is 0 Å². The van der Waals surface area contributed by atoms with Gasteiger partial charge in [-0.3, -0.25) is 4.79 Å². The first-order valence-corrected chi connectivity index (χ1v) is 9.69. The number of aldehydes is 1. The van der Waals surface area contributed by atoms with Crippen LogP contribution in [0, 0.1) is 5.82 Å². The molecule has 0 atom stereocenters. The van der Waals surface area contributed by atoms with Gasteiger partial charge in [-0.15, -0.1) is 0 Å². The predicted molar refractivity (Wildman–Crippen MR) is 105 cm³/mol. The molecule has 5 heteroatoms. The first-order valence-electron chi connectivity index (χ1n) is 9.69. The average molecular weight is 365 g/mol. The number of rotatable bonds is 6. The van der Waals surface area contributed by atoms with Crippen molar-refractivity contribution in [2.45, 2.75) is 32.2 Å². The molecule has 0 unspecified atom stereocenters. The van der Waals surface area contributed by atoms with Gasteiger partial charge in [-0.25, -0.2) is 9.37 Å². The van der Waals surface area contributed by atoms with Gasteiger partial charge in [0, 0.05) is 12.1 Å². The van der Waals surface area contributed by atoms with Gasteiger partial charge in [0.1, 0.15) is 17.9 Å². The van der Waals surface area contributed by atoms with Crippen LogP contribution in [0.3, 0.4) is 0 Å². The summed E-state index contributed by atoms with van der Waals surface area (Å²) in [5.74, 6) is 0.219. The van der Waals surface area contributed by atoms with Crippen molar-refractivity contribution < 1.29 is 9.18 Å². The third kappa shape index (κ3) is 3.78. The van der Waals surface area contributed by atoms with E-state index in [4.69, 9.17) is 0 Å². The van der Waals surface area contributed by atoms with Crippen LogP contribution in [0.15, 0.2) is 42.5 Å². The van der Waals surface area contributed by atoms with Gasteiger partial charge in [0.05, 0.1) is 16.6 Å². The van der Waals surface area contributed by atoms with Crippen LogP contribution < -0.4 is 0 Å². The molecule has 0 bridgehead atoms. The number of carbonyl (C=O) groups excluding carboxylic acids is 1. The highest BCUT2D eigenvalue weighted by molar-refractivity contribution is 5.82. The van der Waals surface area contributed by atoms with Gasteiger partial charge < -0.3 is 9.47 Å². The number of benzene rings is 2. The molecule has 1 fully saturated rings. The van der Waals surface area contributed by atoms with Crippen LogP contribution in [-0.4, -0.2) is 40.4 Å². The highest BCUT2D eigenvalue weighted by Crippen LogP contribution is 2.27. The van der Waals surface area contributed by atoms with Gasteiger partial charge >= 0.3 is 0 Å². The highest BCUT2D eigenvalue weighted by Gasteiger charge is 2.17. The molecule has 0 amide bonds. The molecule has 140 valence electrons. The lowest BCUT2D eigenvalue weighted by molar-refractivity contribution is 0.112. The quantitative estimate of drug-likeness (QED) is 0.602. The van der Waals surface area contributed by atoms with Crippen LogP contribution in [0.2, 0.25) is 0 Å². The van der Waals surface area contributed by atoms with E-state index in [0.717, 1.165) is 30.5 Å². The Hall–Kier alpha value is -2.53. The molecule has 4 nitrogen and oxygen atoms in total. The summed E-state index contributed by atoms with van der Waals surface area (Å²) in [5, 5.41) is 0. The average Bonchev–Trinajstić information content (AvgIpc) is 3.07. The minimum atomic E-state index is -0.410. The van der Waals surface area contributed by atoms with E-state index in [1.54, 1.807) is 12.1 Å². The van der Waals surface area contributed by atoms with Gasteiger partial charge in [0.2, 0.25) is 0 Å². The molecule has 2 heterocycles. The minimum absolute atomic E-state index is 0.337. The Kier molecular flexibility index (Phi) is 5.30. The number of aromatic nitrogens is 2. The van der Waals surface area contributed by atoms with Gasteiger partial charge in [0.15, 0.2) is 0 Å². The maximum absolute atomic E-state index is 14.6. The molecule has 0 spiro atoms. The second-order valence-electron chi connectivity index (χ2n) is 7.19. The first-order chi connectivity index (χ1) is 13.3. The maximum atomic E-state index is 14.6. The third-order valence-corrected chi connectivity index (χ3v) is 5.33. The minimum Gasteiger partial charge on any atom is -0.324 e. The predicted octanol–water partition coefficient (Wildman–Crippen LogP) is 4.53. The molecule has 1 saturated heterocycles. The van der Waals surface area contributed by atoms with Crippen molar-refractivity contribution in [3.05, 3.63) is 53.8 Å². The van der Waals surface area contributed by atoms with Gasteiger partial charge in [-0.1, -0.05) is 24.6 Å². The fourth-order valence-corrected chi connectivity index (χ4v) is 3.93. The SMILES string of the molecule is O=Cc1ccc(-c2nc3ccccc3n2CCCN2CCCCC2)c(F)c1. The first kappa shape index (κ1) is 17.9. The van der Waals surface area contributed by atoms with Crippen molar-refractivity contribution in [1.82, 2.24) is 14.5 Å².